The maximum Gasteiger partial charge on any atom is 0.319 e. The maximum absolute atomic E-state index is 12.1. The number of sulfone groups is 1. The second-order valence-corrected chi connectivity index (χ2v) is 7.39. The number of hydrogen-bond donors (Lipinski definition) is 0. The van der Waals surface area contributed by atoms with Gasteiger partial charge < -0.3 is 4.74 Å². The van der Waals surface area contributed by atoms with E-state index < -0.39 is 21.2 Å². The fourth-order valence-electron chi connectivity index (χ4n) is 2.42. The molecule has 5 nitrogen and oxygen atoms in total. The number of ketones is 1. The molecule has 110 valence electrons. The largest absolute Gasteiger partial charge is 0.465 e. The molecular weight excluding hydrogens is 268 g/mol. The average molecular weight is 290 g/mol. The number of carbonyl (C=O) groups excluding carboxylic acids is 2. The Morgan fingerprint density at radius 3 is 2.53 bits per heavy atom. The van der Waals surface area contributed by atoms with Gasteiger partial charge in [-0.05, 0) is 26.2 Å². The standard InChI is InChI=1S/C13H22O5S/c1-3-18-12(15)13(8-6-5-7-11(13)14)9-10-19(16,17)4-2/h3-10H2,1-2H3. The Hall–Kier alpha value is -0.910. The third-order valence-corrected chi connectivity index (χ3v) is 5.44. The number of ether oxygens (including phenoxy) is 1. The van der Waals surface area contributed by atoms with Crippen LogP contribution in [-0.4, -0.2) is 38.3 Å². The van der Waals surface area contributed by atoms with Gasteiger partial charge in [0.25, 0.3) is 0 Å². The van der Waals surface area contributed by atoms with Gasteiger partial charge in [0.2, 0.25) is 0 Å². The van der Waals surface area contributed by atoms with Gasteiger partial charge >= 0.3 is 5.97 Å². The number of esters is 1. The second kappa shape index (κ2) is 6.50. The third-order valence-electron chi connectivity index (χ3n) is 3.74. The summed E-state index contributed by atoms with van der Waals surface area (Å²) in [5, 5.41) is 0. The molecule has 0 radical (unpaired) electrons. The van der Waals surface area contributed by atoms with Gasteiger partial charge in [0.1, 0.15) is 21.0 Å². The van der Waals surface area contributed by atoms with E-state index in [-0.39, 0.29) is 30.3 Å². The van der Waals surface area contributed by atoms with Crippen molar-refractivity contribution in [2.24, 2.45) is 5.41 Å². The van der Waals surface area contributed by atoms with E-state index in [9.17, 15) is 18.0 Å². The molecule has 19 heavy (non-hydrogen) atoms. The highest BCUT2D eigenvalue weighted by Crippen LogP contribution is 2.38. The van der Waals surface area contributed by atoms with Gasteiger partial charge in [-0.2, -0.15) is 0 Å². The molecule has 0 aliphatic heterocycles. The molecule has 1 aliphatic rings. The van der Waals surface area contributed by atoms with Gasteiger partial charge in [0.05, 0.1) is 12.4 Å². The summed E-state index contributed by atoms with van der Waals surface area (Å²) in [7, 11) is -3.19. The summed E-state index contributed by atoms with van der Waals surface area (Å²) in [4.78, 5) is 24.2. The van der Waals surface area contributed by atoms with Crippen LogP contribution in [-0.2, 0) is 24.2 Å². The summed E-state index contributed by atoms with van der Waals surface area (Å²) < 4.78 is 28.2. The van der Waals surface area contributed by atoms with Crippen LogP contribution in [0.25, 0.3) is 0 Å². The summed E-state index contributed by atoms with van der Waals surface area (Å²) in [6, 6.07) is 0. The topological polar surface area (TPSA) is 77.5 Å². The Morgan fingerprint density at radius 2 is 2.00 bits per heavy atom. The molecular formula is C13H22O5S. The molecule has 0 bridgehead atoms. The van der Waals surface area contributed by atoms with Gasteiger partial charge in [0.15, 0.2) is 0 Å². The Kier molecular flexibility index (Phi) is 5.52. The molecule has 6 heteroatoms. The third kappa shape index (κ3) is 3.78. The highest BCUT2D eigenvalue weighted by molar-refractivity contribution is 7.91. The molecule has 1 unspecified atom stereocenters. The smallest absolute Gasteiger partial charge is 0.319 e. The van der Waals surface area contributed by atoms with Gasteiger partial charge in [-0.25, -0.2) is 8.42 Å². The summed E-state index contributed by atoms with van der Waals surface area (Å²) >= 11 is 0. The monoisotopic (exact) mass is 290 g/mol. The molecule has 1 atom stereocenters. The molecule has 0 aromatic rings. The van der Waals surface area contributed by atoms with E-state index in [2.05, 4.69) is 0 Å². The van der Waals surface area contributed by atoms with Crippen molar-refractivity contribution in [2.75, 3.05) is 18.1 Å². The minimum atomic E-state index is -3.19. The molecule has 0 heterocycles. The highest BCUT2D eigenvalue weighted by Gasteiger charge is 2.48. The van der Waals surface area contributed by atoms with Crippen LogP contribution >= 0.6 is 0 Å². The highest BCUT2D eigenvalue weighted by atomic mass is 32.2. The van der Waals surface area contributed by atoms with Crippen LogP contribution in [0.1, 0.15) is 46.0 Å². The van der Waals surface area contributed by atoms with Crippen molar-refractivity contribution >= 4 is 21.6 Å². The van der Waals surface area contributed by atoms with Gasteiger partial charge in [0, 0.05) is 12.2 Å². The van der Waals surface area contributed by atoms with Crippen molar-refractivity contribution in [3.8, 4) is 0 Å². The molecule has 1 saturated carbocycles. The van der Waals surface area contributed by atoms with E-state index in [1.165, 1.54) is 0 Å². The molecule has 1 aliphatic carbocycles. The van der Waals surface area contributed by atoms with E-state index in [4.69, 9.17) is 4.74 Å². The summed E-state index contributed by atoms with van der Waals surface area (Å²) in [6.45, 7) is 3.45. The van der Waals surface area contributed by atoms with Crippen LogP contribution < -0.4 is 0 Å². The Bertz CT molecular complexity index is 440. The lowest BCUT2D eigenvalue weighted by Crippen LogP contribution is -2.44. The maximum atomic E-state index is 12.1. The number of carbonyl (C=O) groups is 2. The zero-order valence-electron chi connectivity index (χ0n) is 11.6. The van der Waals surface area contributed by atoms with Gasteiger partial charge in [-0.1, -0.05) is 13.3 Å². The fraction of sp³-hybridized carbons (Fsp3) is 0.846. The first kappa shape index (κ1) is 16.1. The van der Waals surface area contributed by atoms with E-state index in [1.807, 2.05) is 0 Å². The SMILES string of the molecule is CCOC(=O)C1(CCS(=O)(=O)CC)CCCCC1=O. The van der Waals surface area contributed by atoms with Gasteiger partial charge in [-0.15, -0.1) is 0 Å². The minimum Gasteiger partial charge on any atom is -0.465 e. The molecule has 0 saturated heterocycles. The van der Waals surface area contributed by atoms with Crippen molar-refractivity contribution in [2.45, 2.75) is 46.0 Å². The summed E-state index contributed by atoms with van der Waals surface area (Å²) in [6.07, 6.45) is 2.33. The van der Waals surface area contributed by atoms with Crippen molar-refractivity contribution in [1.29, 1.82) is 0 Å². The Balaban J connectivity index is 2.92. The lowest BCUT2D eigenvalue weighted by atomic mass is 9.71. The molecule has 1 fully saturated rings. The average Bonchev–Trinajstić information content (AvgIpc) is 2.38. The van der Waals surface area contributed by atoms with Crippen LogP contribution in [0.2, 0.25) is 0 Å². The van der Waals surface area contributed by atoms with E-state index >= 15 is 0 Å². The number of hydrogen-bond acceptors (Lipinski definition) is 5. The second-order valence-electron chi connectivity index (χ2n) is 4.92. The van der Waals surface area contributed by atoms with E-state index in [1.54, 1.807) is 13.8 Å². The number of rotatable bonds is 6. The van der Waals surface area contributed by atoms with Crippen LogP contribution in [0.15, 0.2) is 0 Å². The Labute approximate surface area is 114 Å². The molecule has 0 spiro atoms. The summed E-state index contributed by atoms with van der Waals surface area (Å²) in [5.74, 6) is -0.816. The summed E-state index contributed by atoms with van der Waals surface area (Å²) in [5.41, 5.74) is -1.23. The number of Topliss-reactive ketones (excluding diaryl/α,β-unsaturated/α-hetero) is 1. The predicted molar refractivity (Wildman–Crippen MR) is 71.5 cm³/mol. The van der Waals surface area contributed by atoms with Gasteiger partial charge in [-0.3, -0.25) is 9.59 Å². The van der Waals surface area contributed by atoms with E-state index in [0.717, 1.165) is 12.8 Å². The zero-order chi connectivity index (χ0) is 14.5. The van der Waals surface area contributed by atoms with E-state index in [0.29, 0.717) is 12.8 Å². The lowest BCUT2D eigenvalue weighted by Gasteiger charge is -2.33. The van der Waals surface area contributed by atoms with Crippen LogP contribution in [0.3, 0.4) is 0 Å². The normalized spacial score (nSPS) is 24.2. The first-order chi connectivity index (χ1) is 8.88. The quantitative estimate of drug-likeness (QED) is 0.547. The van der Waals surface area contributed by atoms with Crippen LogP contribution in [0, 0.1) is 5.41 Å². The lowest BCUT2D eigenvalue weighted by molar-refractivity contribution is -0.162. The van der Waals surface area contributed by atoms with Crippen LogP contribution in [0.5, 0.6) is 0 Å². The molecule has 0 aromatic carbocycles. The minimum absolute atomic E-state index is 0.0279. The van der Waals surface area contributed by atoms with Crippen molar-refractivity contribution in [1.82, 2.24) is 0 Å². The zero-order valence-corrected chi connectivity index (χ0v) is 12.4. The molecule has 1 rings (SSSR count). The molecule has 0 aromatic heterocycles. The first-order valence-corrected chi connectivity index (χ1v) is 8.61. The van der Waals surface area contributed by atoms with Crippen molar-refractivity contribution < 1.29 is 22.7 Å². The van der Waals surface area contributed by atoms with Crippen LogP contribution in [0.4, 0.5) is 0 Å². The predicted octanol–water partition coefficient (Wildman–Crippen LogP) is 1.50. The fourth-order valence-corrected chi connectivity index (χ4v) is 3.36. The van der Waals surface area contributed by atoms with Crippen molar-refractivity contribution in [3.63, 3.8) is 0 Å². The molecule has 0 amide bonds. The Morgan fingerprint density at radius 1 is 1.32 bits per heavy atom. The van der Waals surface area contributed by atoms with Crippen molar-refractivity contribution in [3.05, 3.63) is 0 Å². The first-order valence-electron chi connectivity index (χ1n) is 6.79. The molecule has 0 N–H and O–H groups in total.